The fraction of sp³-hybridized carbons (Fsp3) is 0.438. The van der Waals surface area contributed by atoms with Gasteiger partial charge in [-0.15, -0.1) is 11.3 Å². The minimum Gasteiger partial charge on any atom is -0.314 e. The van der Waals surface area contributed by atoms with E-state index in [0.29, 0.717) is 6.04 Å². The highest BCUT2D eigenvalue weighted by molar-refractivity contribution is 9.10. The molecule has 3 nitrogen and oxygen atoms in total. The Balaban J connectivity index is 1.82. The van der Waals surface area contributed by atoms with Crippen LogP contribution in [0.15, 0.2) is 34.1 Å². The lowest BCUT2D eigenvalue weighted by Crippen LogP contribution is -2.45. The summed E-state index contributed by atoms with van der Waals surface area (Å²) in [6, 6.07) is 8.82. The summed E-state index contributed by atoms with van der Waals surface area (Å²) in [7, 11) is 0. The molecule has 1 aromatic heterocycles. The van der Waals surface area contributed by atoms with Crippen LogP contribution in [0.4, 0.5) is 0 Å². The lowest BCUT2D eigenvalue weighted by molar-refractivity contribution is 0.169. The Morgan fingerprint density at radius 3 is 2.90 bits per heavy atom. The molecule has 2 aromatic rings. The molecule has 3 rings (SSSR count). The third-order valence-corrected chi connectivity index (χ3v) is 5.35. The average molecular weight is 366 g/mol. The first-order valence-electron chi connectivity index (χ1n) is 7.44. The summed E-state index contributed by atoms with van der Waals surface area (Å²) in [5.74, 6) is 0. The zero-order chi connectivity index (χ0) is 14.7. The number of rotatable bonds is 4. The van der Waals surface area contributed by atoms with Crippen molar-refractivity contribution < 1.29 is 0 Å². The molecule has 0 amide bonds. The number of nitrogens with one attached hydrogen (secondary N) is 1. The molecule has 0 aliphatic carbocycles. The van der Waals surface area contributed by atoms with Crippen LogP contribution in [-0.2, 0) is 0 Å². The van der Waals surface area contributed by atoms with Crippen LogP contribution in [0.5, 0.6) is 0 Å². The van der Waals surface area contributed by atoms with Crippen molar-refractivity contribution in [1.29, 1.82) is 0 Å². The van der Waals surface area contributed by atoms with Crippen molar-refractivity contribution in [1.82, 2.24) is 15.2 Å². The lowest BCUT2D eigenvalue weighted by atomic mass is 10.1. The molecule has 2 heterocycles. The SMILES string of the molecule is CCC(c1nc(-c2cccc(Br)c2)cs1)N1CCNCC1. The second-order valence-electron chi connectivity index (χ2n) is 5.29. The molecule has 0 radical (unpaired) electrons. The number of halogens is 1. The quantitative estimate of drug-likeness (QED) is 0.889. The van der Waals surface area contributed by atoms with E-state index in [2.05, 4.69) is 56.6 Å². The summed E-state index contributed by atoms with van der Waals surface area (Å²) in [6.07, 6.45) is 1.12. The Morgan fingerprint density at radius 2 is 2.19 bits per heavy atom. The lowest BCUT2D eigenvalue weighted by Gasteiger charge is -2.33. The van der Waals surface area contributed by atoms with E-state index in [0.717, 1.165) is 42.8 Å². The Hall–Kier alpha value is -0.750. The van der Waals surface area contributed by atoms with Crippen molar-refractivity contribution in [2.24, 2.45) is 0 Å². The van der Waals surface area contributed by atoms with Gasteiger partial charge in [0.15, 0.2) is 0 Å². The maximum absolute atomic E-state index is 4.90. The van der Waals surface area contributed by atoms with Crippen molar-refractivity contribution >= 4 is 27.3 Å². The van der Waals surface area contributed by atoms with Crippen molar-refractivity contribution in [3.8, 4) is 11.3 Å². The summed E-state index contributed by atoms with van der Waals surface area (Å²) in [5.41, 5.74) is 2.27. The smallest absolute Gasteiger partial charge is 0.110 e. The Morgan fingerprint density at radius 1 is 1.38 bits per heavy atom. The highest BCUT2D eigenvalue weighted by Crippen LogP contribution is 2.31. The Labute approximate surface area is 138 Å². The minimum absolute atomic E-state index is 0.456. The van der Waals surface area contributed by atoms with Gasteiger partial charge >= 0.3 is 0 Å². The fourth-order valence-electron chi connectivity index (χ4n) is 2.80. The summed E-state index contributed by atoms with van der Waals surface area (Å²) in [6.45, 7) is 6.65. The van der Waals surface area contributed by atoms with Crippen molar-refractivity contribution in [3.63, 3.8) is 0 Å². The van der Waals surface area contributed by atoms with Crippen LogP contribution in [0.25, 0.3) is 11.3 Å². The third kappa shape index (κ3) is 3.54. The molecule has 1 fully saturated rings. The predicted molar refractivity (Wildman–Crippen MR) is 92.7 cm³/mol. The molecule has 21 heavy (non-hydrogen) atoms. The average Bonchev–Trinajstić information content (AvgIpc) is 2.99. The molecule has 1 saturated heterocycles. The van der Waals surface area contributed by atoms with E-state index >= 15 is 0 Å². The van der Waals surface area contributed by atoms with Gasteiger partial charge in [0.2, 0.25) is 0 Å². The molecule has 5 heteroatoms. The first-order valence-corrected chi connectivity index (χ1v) is 9.11. The first-order chi connectivity index (χ1) is 10.3. The summed E-state index contributed by atoms with van der Waals surface area (Å²) in [5, 5.41) is 6.85. The minimum atomic E-state index is 0.456. The molecule has 0 spiro atoms. The molecular formula is C16H20BrN3S. The van der Waals surface area contributed by atoms with Gasteiger partial charge in [-0.25, -0.2) is 4.98 Å². The van der Waals surface area contributed by atoms with Crippen LogP contribution in [0.2, 0.25) is 0 Å². The highest BCUT2D eigenvalue weighted by atomic mass is 79.9. The van der Waals surface area contributed by atoms with Crippen molar-refractivity contribution in [2.75, 3.05) is 26.2 Å². The van der Waals surface area contributed by atoms with Gasteiger partial charge in [0.25, 0.3) is 0 Å². The second-order valence-corrected chi connectivity index (χ2v) is 7.10. The molecule has 1 aliphatic rings. The van der Waals surface area contributed by atoms with Crippen LogP contribution in [0, 0.1) is 0 Å². The van der Waals surface area contributed by atoms with Gasteiger partial charge in [-0.05, 0) is 18.6 Å². The number of benzene rings is 1. The molecule has 0 bridgehead atoms. The predicted octanol–water partition coefficient (Wildman–Crippen LogP) is 3.93. The van der Waals surface area contributed by atoms with E-state index in [4.69, 9.17) is 4.98 Å². The topological polar surface area (TPSA) is 28.2 Å². The summed E-state index contributed by atoms with van der Waals surface area (Å²) < 4.78 is 1.10. The number of nitrogens with zero attached hydrogens (tertiary/aromatic N) is 2. The zero-order valence-corrected chi connectivity index (χ0v) is 14.6. The number of hydrogen-bond donors (Lipinski definition) is 1. The van der Waals surface area contributed by atoms with Gasteiger partial charge in [-0.2, -0.15) is 0 Å². The van der Waals surface area contributed by atoms with E-state index in [1.165, 1.54) is 10.6 Å². The van der Waals surface area contributed by atoms with Gasteiger partial charge in [0, 0.05) is 41.6 Å². The molecule has 1 aromatic carbocycles. The molecule has 1 atom stereocenters. The van der Waals surface area contributed by atoms with Gasteiger partial charge in [0.1, 0.15) is 5.01 Å². The number of thiazole rings is 1. The van der Waals surface area contributed by atoms with E-state index in [1.807, 2.05) is 6.07 Å². The van der Waals surface area contributed by atoms with Crippen LogP contribution in [-0.4, -0.2) is 36.1 Å². The summed E-state index contributed by atoms with van der Waals surface area (Å²) >= 11 is 5.32. The van der Waals surface area contributed by atoms with Crippen LogP contribution >= 0.6 is 27.3 Å². The second kappa shape index (κ2) is 7.01. The maximum Gasteiger partial charge on any atom is 0.110 e. The van der Waals surface area contributed by atoms with Crippen LogP contribution in [0.1, 0.15) is 24.4 Å². The number of piperazine rings is 1. The van der Waals surface area contributed by atoms with E-state index in [9.17, 15) is 0 Å². The van der Waals surface area contributed by atoms with Gasteiger partial charge in [-0.3, -0.25) is 4.90 Å². The van der Waals surface area contributed by atoms with Gasteiger partial charge < -0.3 is 5.32 Å². The van der Waals surface area contributed by atoms with Crippen molar-refractivity contribution in [2.45, 2.75) is 19.4 Å². The third-order valence-electron chi connectivity index (χ3n) is 3.91. The Bertz CT molecular complexity index is 593. The van der Waals surface area contributed by atoms with E-state index in [-0.39, 0.29) is 0 Å². The highest BCUT2D eigenvalue weighted by Gasteiger charge is 2.23. The monoisotopic (exact) mass is 365 g/mol. The van der Waals surface area contributed by atoms with E-state index in [1.54, 1.807) is 11.3 Å². The Kier molecular flexibility index (Phi) is 5.06. The van der Waals surface area contributed by atoms with Crippen LogP contribution in [0.3, 0.4) is 0 Å². The van der Waals surface area contributed by atoms with Gasteiger partial charge in [-0.1, -0.05) is 35.0 Å². The zero-order valence-electron chi connectivity index (χ0n) is 12.2. The van der Waals surface area contributed by atoms with Crippen molar-refractivity contribution in [3.05, 3.63) is 39.1 Å². The number of aromatic nitrogens is 1. The molecular weight excluding hydrogens is 346 g/mol. The summed E-state index contributed by atoms with van der Waals surface area (Å²) in [4.78, 5) is 7.46. The normalized spacial score (nSPS) is 17.8. The van der Waals surface area contributed by atoms with Gasteiger partial charge in [0.05, 0.1) is 11.7 Å². The maximum atomic E-state index is 4.90. The standard InChI is InChI=1S/C16H20BrN3S/c1-2-15(20-8-6-18-7-9-20)16-19-14(11-21-16)12-4-3-5-13(17)10-12/h3-5,10-11,15,18H,2,6-9H2,1H3. The van der Waals surface area contributed by atoms with E-state index < -0.39 is 0 Å². The number of hydrogen-bond acceptors (Lipinski definition) is 4. The fourth-order valence-corrected chi connectivity index (χ4v) is 4.25. The first kappa shape index (κ1) is 15.2. The molecule has 112 valence electrons. The van der Waals surface area contributed by atoms with Crippen LogP contribution < -0.4 is 5.32 Å². The molecule has 0 saturated carbocycles. The molecule has 1 aliphatic heterocycles. The largest absolute Gasteiger partial charge is 0.314 e. The molecule has 1 unspecified atom stereocenters. The molecule has 1 N–H and O–H groups in total.